The summed E-state index contributed by atoms with van der Waals surface area (Å²) in [7, 11) is 0. The molecule has 4 rings (SSSR count). The van der Waals surface area contributed by atoms with E-state index in [1.165, 1.54) is 6.07 Å². The number of nitro benzene ring substituents is 1. The second kappa shape index (κ2) is 8.53. The minimum atomic E-state index is -0.449. The second-order valence-electron chi connectivity index (χ2n) is 8.22. The first-order chi connectivity index (χ1) is 14.5. The Kier molecular flexibility index (Phi) is 5.83. The molecule has 0 radical (unpaired) electrons. The van der Waals surface area contributed by atoms with Gasteiger partial charge in [-0.2, -0.15) is 0 Å². The number of carbonyl (C=O) groups is 1. The number of likely N-dealkylation sites (tertiary alicyclic amines) is 1. The highest BCUT2D eigenvalue weighted by atomic mass is 16.6. The molecule has 2 saturated heterocycles. The molecule has 158 valence electrons. The topological polar surface area (TPSA) is 75.9 Å². The van der Waals surface area contributed by atoms with Crippen LogP contribution in [0.15, 0.2) is 54.6 Å². The third kappa shape index (κ3) is 4.37. The standard InChI is InChI=1S/C23H27N3O4/c1-18-22(27)25(20-7-3-2-4-8-20)17-23(30-18)11-14-24(15-12-23)13-10-19-6-5-9-21(16-19)26(28)29/h2-9,16,18H,10-15,17H2,1H3. The zero-order valence-corrected chi connectivity index (χ0v) is 17.2. The summed E-state index contributed by atoms with van der Waals surface area (Å²) in [6.07, 6.45) is 2.06. The fourth-order valence-electron chi connectivity index (χ4n) is 4.45. The highest BCUT2D eigenvalue weighted by Crippen LogP contribution is 2.35. The monoisotopic (exact) mass is 409 g/mol. The van der Waals surface area contributed by atoms with E-state index < -0.39 is 6.10 Å². The molecule has 0 aliphatic carbocycles. The Labute approximate surface area is 176 Å². The number of amides is 1. The van der Waals surface area contributed by atoms with Gasteiger partial charge in [-0.25, -0.2) is 0 Å². The lowest BCUT2D eigenvalue weighted by atomic mass is 9.88. The molecule has 1 spiro atoms. The van der Waals surface area contributed by atoms with Gasteiger partial charge in [-0.15, -0.1) is 0 Å². The predicted octanol–water partition coefficient (Wildman–Crippen LogP) is 3.42. The molecular weight excluding hydrogens is 382 g/mol. The molecule has 2 aliphatic heterocycles. The van der Waals surface area contributed by atoms with Gasteiger partial charge in [-0.3, -0.25) is 14.9 Å². The van der Waals surface area contributed by atoms with Crippen LogP contribution in [0.25, 0.3) is 0 Å². The highest BCUT2D eigenvalue weighted by Gasteiger charge is 2.45. The van der Waals surface area contributed by atoms with E-state index in [-0.39, 0.29) is 22.1 Å². The number of nitro groups is 1. The first-order valence-corrected chi connectivity index (χ1v) is 10.5. The molecule has 2 fully saturated rings. The molecule has 0 aromatic heterocycles. The molecule has 1 amide bonds. The lowest BCUT2D eigenvalue weighted by molar-refractivity contribution is -0.384. The average Bonchev–Trinajstić information content (AvgIpc) is 2.77. The van der Waals surface area contributed by atoms with Crippen molar-refractivity contribution in [3.63, 3.8) is 0 Å². The van der Waals surface area contributed by atoms with Gasteiger partial charge >= 0.3 is 0 Å². The summed E-state index contributed by atoms with van der Waals surface area (Å²) in [5.41, 5.74) is 1.73. The molecule has 0 saturated carbocycles. The molecule has 2 aliphatic rings. The van der Waals surface area contributed by atoms with Crippen molar-refractivity contribution in [1.82, 2.24) is 4.90 Å². The van der Waals surface area contributed by atoms with E-state index in [1.54, 1.807) is 12.1 Å². The number of ether oxygens (including phenoxy) is 1. The summed E-state index contributed by atoms with van der Waals surface area (Å²) in [5.74, 6) is 0.0138. The maximum atomic E-state index is 12.7. The molecule has 2 aromatic rings. The predicted molar refractivity (Wildman–Crippen MR) is 115 cm³/mol. The van der Waals surface area contributed by atoms with Crippen LogP contribution in [0, 0.1) is 10.1 Å². The maximum Gasteiger partial charge on any atom is 0.269 e. The number of nitrogens with zero attached hydrogens (tertiary/aromatic N) is 3. The summed E-state index contributed by atoms with van der Waals surface area (Å²) >= 11 is 0. The molecule has 30 heavy (non-hydrogen) atoms. The van der Waals surface area contributed by atoms with Crippen molar-refractivity contribution in [2.24, 2.45) is 0 Å². The Bertz CT molecular complexity index is 910. The van der Waals surface area contributed by atoms with Gasteiger partial charge in [-0.1, -0.05) is 30.3 Å². The van der Waals surface area contributed by atoms with Crippen LogP contribution in [-0.2, 0) is 16.0 Å². The number of benzene rings is 2. The minimum Gasteiger partial charge on any atom is -0.360 e. The van der Waals surface area contributed by atoms with E-state index >= 15 is 0 Å². The first-order valence-electron chi connectivity index (χ1n) is 10.5. The molecule has 0 N–H and O–H groups in total. The fourth-order valence-corrected chi connectivity index (χ4v) is 4.45. The number of hydrogen-bond acceptors (Lipinski definition) is 5. The third-order valence-corrected chi connectivity index (χ3v) is 6.16. The van der Waals surface area contributed by atoms with Gasteiger partial charge in [0.15, 0.2) is 0 Å². The molecule has 2 heterocycles. The van der Waals surface area contributed by atoms with Gasteiger partial charge in [0.1, 0.15) is 6.10 Å². The van der Waals surface area contributed by atoms with Gasteiger partial charge in [0, 0.05) is 37.5 Å². The zero-order chi connectivity index (χ0) is 21.1. The molecule has 1 atom stereocenters. The number of non-ortho nitro benzene ring substituents is 1. The number of rotatable bonds is 5. The Hall–Kier alpha value is -2.77. The number of morpholine rings is 1. The second-order valence-corrected chi connectivity index (χ2v) is 8.22. The Morgan fingerprint density at radius 1 is 1.13 bits per heavy atom. The molecule has 1 unspecified atom stereocenters. The Morgan fingerprint density at radius 2 is 1.87 bits per heavy atom. The van der Waals surface area contributed by atoms with Crippen molar-refractivity contribution in [3.8, 4) is 0 Å². The van der Waals surface area contributed by atoms with Crippen molar-refractivity contribution < 1.29 is 14.5 Å². The Morgan fingerprint density at radius 3 is 2.57 bits per heavy atom. The molecule has 7 nitrogen and oxygen atoms in total. The Balaban J connectivity index is 1.37. The smallest absolute Gasteiger partial charge is 0.269 e. The van der Waals surface area contributed by atoms with Crippen LogP contribution < -0.4 is 4.90 Å². The van der Waals surface area contributed by atoms with Crippen molar-refractivity contribution in [1.29, 1.82) is 0 Å². The van der Waals surface area contributed by atoms with Crippen molar-refractivity contribution in [2.75, 3.05) is 31.1 Å². The lowest BCUT2D eigenvalue weighted by Gasteiger charge is -2.49. The fraction of sp³-hybridized carbons (Fsp3) is 0.435. The van der Waals surface area contributed by atoms with E-state index in [1.807, 2.05) is 48.2 Å². The summed E-state index contributed by atoms with van der Waals surface area (Å²) in [5, 5.41) is 11.0. The lowest BCUT2D eigenvalue weighted by Crippen LogP contribution is -2.61. The van der Waals surface area contributed by atoms with Crippen LogP contribution in [0.2, 0.25) is 0 Å². The van der Waals surface area contributed by atoms with Crippen LogP contribution in [0.3, 0.4) is 0 Å². The van der Waals surface area contributed by atoms with Crippen molar-refractivity contribution in [2.45, 2.75) is 37.9 Å². The number of anilines is 1. The molecule has 0 bridgehead atoms. The largest absolute Gasteiger partial charge is 0.360 e. The zero-order valence-electron chi connectivity index (χ0n) is 17.2. The van der Waals surface area contributed by atoms with Crippen LogP contribution in [0.1, 0.15) is 25.3 Å². The van der Waals surface area contributed by atoms with Gasteiger partial charge in [0.25, 0.3) is 11.6 Å². The average molecular weight is 409 g/mol. The highest BCUT2D eigenvalue weighted by molar-refractivity contribution is 5.97. The summed E-state index contributed by atoms with van der Waals surface area (Å²) in [6, 6.07) is 16.6. The van der Waals surface area contributed by atoms with Gasteiger partial charge in [0.05, 0.1) is 17.1 Å². The van der Waals surface area contributed by atoms with E-state index in [2.05, 4.69) is 4.90 Å². The maximum absolute atomic E-state index is 12.7. The van der Waals surface area contributed by atoms with Crippen LogP contribution in [0.4, 0.5) is 11.4 Å². The van der Waals surface area contributed by atoms with Crippen molar-refractivity contribution >= 4 is 17.3 Å². The summed E-state index contributed by atoms with van der Waals surface area (Å²) < 4.78 is 6.24. The number of hydrogen-bond donors (Lipinski definition) is 0. The normalized spacial score (nSPS) is 21.7. The van der Waals surface area contributed by atoms with E-state index in [0.29, 0.717) is 6.54 Å². The summed E-state index contributed by atoms with van der Waals surface area (Å²) in [4.78, 5) is 27.5. The molecular formula is C23H27N3O4. The van der Waals surface area contributed by atoms with Gasteiger partial charge < -0.3 is 14.5 Å². The molecule has 2 aromatic carbocycles. The van der Waals surface area contributed by atoms with Crippen LogP contribution in [-0.4, -0.2) is 53.6 Å². The van der Waals surface area contributed by atoms with Crippen LogP contribution in [0.5, 0.6) is 0 Å². The van der Waals surface area contributed by atoms with Crippen molar-refractivity contribution in [3.05, 3.63) is 70.3 Å². The first kappa shape index (κ1) is 20.5. The number of para-hydroxylation sites is 1. The number of carbonyl (C=O) groups excluding carboxylic acids is 1. The minimum absolute atomic E-state index is 0.0138. The van der Waals surface area contributed by atoms with Gasteiger partial charge in [-0.05, 0) is 43.9 Å². The van der Waals surface area contributed by atoms with Crippen LogP contribution >= 0.6 is 0 Å². The van der Waals surface area contributed by atoms with E-state index in [9.17, 15) is 14.9 Å². The van der Waals surface area contributed by atoms with E-state index in [4.69, 9.17) is 4.74 Å². The quantitative estimate of drug-likeness (QED) is 0.559. The van der Waals surface area contributed by atoms with E-state index in [0.717, 1.165) is 50.1 Å². The third-order valence-electron chi connectivity index (χ3n) is 6.16. The SMILES string of the molecule is CC1OC2(CCN(CCc3cccc([N+](=O)[O-])c3)CC2)CN(c2ccccc2)C1=O. The molecule has 7 heteroatoms. The van der Waals surface area contributed by atoms with Gasteiger partial charge in [0.2, 0.25) is 0 Å². The number of piperidine rings is 1. The summed E-state index contributed by atoms with van der Waals surface area (Å²) in [6.45, 7) is 5.05.